The molecule has 0 bridgehead atoms. The third-order valence-corrected chi connectivity index (χ3v) is 13.4. The molecule has 0 N–H and O–H groups in total. The van der Waals surface area contributed by atoms with Gasteiger partial charge in [0.15, 0.2) is 0 Å². The molecule has 0 saturated heterocycles. The Bertz CT molecular complexity index is 1540. The smallest absolute Gasteiger partial charge is 0.261 e. The Hall–Kier alpha value is -2.53. The van der Waals surface area contributed by atoms with Crippen molar-refractivity contribution in [1.82, 2.24) is 4.57 Å². The van der Waals surface area contributed by atoms with Gasteiger partial charge < -0.3 is 8.99 Å². The van der Waals surface area contributed by atoms with Crippen molar-refractivity contribution in [3.05, 3.63) is 129 Å². The monoisotopic (exact) mass is 591 g/mol. The quantitative estimate of drug-likeness (QED) is 0.164. The maximum absolute atomic E-state index is 7.19. The molecule has 1 aromatic heterocycles. The summed E-state index contributed by atoms with van der Waals surface area (Å²) < 4.78 is 9.52. The van der Waals surface area contributed by atoms with Crippen LogP contribution in [-0.4, -0.2) is 19.5 Å². The van der Waals surface area contributed by atoms with Crippen LogP contribution in [0.25, 0.3) is 10.9 Å². The Labute approximate surface area is 247 Å². The van der Waals surface area contributed by atoms with Crippen molar-refractivity contribution in [2.45, 2.75) is 38.8 Å². The third-order valence-electron chi connectivity index (χ3n) is 7.37. The molecule has 0 aliphatic rings. The van der Waals surface area contributed by atoms with Crippen molar-refractivity contribution in [1.29, 1.82) is 0 Å². The summed E-state index contributed by atoms with van der Waals surface area (Å²) in [5, 5.41) is 5.45. The Morgan fingerprint density at radius 3 is 1.95 bits per heavy atom. The molecule has 0 aliphatic carbocycles. The van der Waals surface area contributed by atoms with Crippen LogP contribution in [0.3, 0.4) is 0 Å². The minimum Gasteiger partial charge on any atom is -0.407 e. The average molecular weight is 593 g/mol. The molecule has 0 amide bonds. The van der Waals surface area contributed by atoms with Gasteiger partial charge in [-0.15, -0.1) is 0 Å². The number of hydrogen-bond donors (Lipinski definition) is 0. The van der Waals surface area contributed by atoms with E-state index in [1.54, 1.807) is 0 Å². The van der Waals surface area contributed by atoms with Crippen LogP contribution >= 0.6 is 34.8 Å². The first-order chi connectivity index (χ1) is 18.7. The maximum Gasteiger partial charge on any atom is 0.261 e. The zero-order valence-electron chi connectivity index (χ0n) is 22.4. The topological polar surface area (TPSA) is 14.2 Å². The van der Waals surface area contributed by atoms with E-state index in [0.717, 1.165) is 27.9 Å². The number of hydrogen-bond acceptors (Lipinski definition) is 1. The van der Waals surface area contributed by atoms with Crippen LogP contribution < -0.4 is 10.4 Å². The Balaban J connectivity index is 1.52. The highest BCUT2D eigenvalue weighted by atomic mass is 35.5. The van der Waals surface area contributed by atoms with Gasteiger partial charge in [0.1, 0.15) is 0 Å². The number of nitrogens with zero attached hydrogens (tertiary/aromatic N) is 1. The highest BCUT2D eigenvalue weighted by molar-refractivity contribution is 6.99. The van der Waals surface area contributed by atoms with E-state index in [1.165, 1.54) is 16.1 Å². The van der Waals surface area contributed by atoms with Gasteiger partial charge >= 0.3 is 0 Å². The summed E-state index contributed by atoms with van der Waals surface area (Å²) in [4.78, 5) is 0. The molecule has 1 heterocycles. The number of aromatic nitrogens is 1. The fraction of sp³-hybridized carbons (Fsp3) is 0.212. The molecule has 5 aromatic rings. The minimum atomic E-state index is -2.62. The highest BCUT2D eigenvalue weighted by Crippen LogP contribution is 2.37. The zero-order valence-corrected chi connectivity index (χ0v) is 25.7. The van der Waals surface area contributed by atoms with E-state index in [-0.39, 0.29) is 5.04 Å². The van der Waals surface area contributed by atoms with E-state index in [9.17, 15) is 0 Å². The van der Waals surface area contributed by atoms with Crippen LogP contribution in [0.2, 0.25) is 20.1 Å². The normalized spacial score (nSPS) is 12.3. The van der Waals surface area contributed by atoms with Gasteiger partial charge in [0, 0.05) is 41.2 Å². The molecule has 0 unspecified atom stereocenters. The summed E-state index contributed by atoms with van der Waals surface area (Å²) in [7, 11) is -2.62. The van der Waals surface area contributed by atoms with E-state index in [2.05, 4.69) is 98.1 Å². The fourth-order valence-corrected chi connectivity index (χ4v) is 10.6. The Kier molecular flexibility index (Phi) is 8.28. The lowest BCUT2D eigenvalue weighted by Gasteiger charge is -2.43. The molecule has 0 spiro atoms. The molecule has 0 atom stereocenters. The van der Waals surface area contributed by atoms with Gasteiger partial charge in [-0.1, -0.05) is 122 Å². The van der Waals surface area contributed by atoms with Crippen LogP contribution in [0.1, 0.15) is 32.0 Å². The second-order valence-electron chi connectivity index (χ2n) is 10.9. The first-order valence-corrected chi connectivity index (χ1v) is 16.2. The van der Waals surface area contributed by atoms with Crippen LogP contribution in [0.15, 0.2) is 103 Å². The second kappa shape index (κ2) is 11.5. The van der Waals surface area contributed by atoms with Gasteiger partial charge in [-0.25, -0.2) is 0 Å². The van der Waals surface area contributed by atoms with E-state index in [1.807, 2.05) is 30.3 Å². The predicted molar refractivity (Wildman–Crippen MR) is 170 cm³/mol. The fourth-order valence-electron chi connectivity index (χ4n) is 5.58. The minimum absolute atomic E-state index is 0.0734. The van der Waals surface area contributed by atoms with E-state index < -0.39 is 8.32 Å². The summed E-state index contributed by atoms with van der Waals surface area (Å²) in [6.07, 6.45) is 0.762. The van der Waals surface area contributed by atoms with Gasteiger partial charge in [-0.05, 0) is 57.4 Å². The molecule has 2 nitrogen and oxygen atoms in total. The molecule has 39 heavy (non-hydrogen) atoms. The lowest BCUT2D eigenvalue weighted by atomic mass is 10.2. The summed E-state index contributed by atoms with van der Waals surface area (Å²) in [5.74, 6) is 0. The van der Waals surface area contributed by atoms with E-state index >= 15 is 0 Å². The summed E-state index contributed by atoms with van der Waals surface area (Å²) in [6, 6.07) is 35.6. The average Bonchev–Trinajstić information content (AvgIpc) is 3.25. The second-order valence-corrected chi connectivity index (χ2v) is 16.5. The molecular formula is C33H32Cl3NOSi. The molecule has 5 rings (SSSR count). The number of benzene rings is 4. The Morgan fingerprint density at radius 2 is 1.36 bits per heavy atom. The molecule has 4 aromatic carbocycles. The number of halogens is 3. The molecule has 200 valence electrons. The standard InChI is InChI=1S/C33H32Cl3NOSi/c1-33(2,3)39(28-10-6-4-7-11-28,29-12-8-5-9-13-29)38-19-18-27-22-25-21-26(34)15-17-32(25)37(27)23-24-14-16-30(35)31(36)20-24/h4-17,20-22H,18-19,23H2,1-3H3. The van der Waals surface area contributed by atoms with Gasteiger partial charge in [0.05, 0.1) is 10.0 Å². The van der Waals surface area contributed by atoms with Crippen molar-refractivity contribution in [3.8, 4) is 0 Å². The SMILES string of the molecule is CC(C)(C)[Si](OCCc1cc2cc(Cl)ccc2n1Cc1ccc(Cl)c(Cl)c1)(c1ccccc1)c1ccccc1. The van der Waals surface area contributed by atoms with Gasteiger partial charge in [-0.3, -0.25) is 0 Å². The highest BCUT2D eigenvalue weighted by Gasteiger charge is 2.50. The summed E-state index contributed by atoms with van der Waals surface area (Å²) in [5.41, 5.74) is 3.41. The number of fused-ring (bicyclic) bond motifs is 1. The van der Waals surface area contributed by atoms with Crippen molar-refractivity contribution in [2.24, 2.45) is 0 Å². The lowest BCUT2D eigenvalue weighted by Crippen LogP contribution is -2.66. The molecule has 0 fully saturated rings. The molecule has 6 heteroatoms. The maximum atomic E-state index is 7.19. The zero-order chi connectivity index (χ0) is 27.6. The van der Waals surface area contributed by atoms with E-state index in [4.69, 9.17) is 39.2 Å². The summed E-state index contributed by atoms with van der Waals surface area (Å²) >= 11 is 18.9. The first kappa shape index (κ1) is 28.0. The van der Waals surface area contributed by atoms with Crippen molar-refractivity contribution >= 4 is 64.4 Å². The predicted octanol–water partition coefficient (Wildman–Crippen LogP) is 8.77. The van der Waals surface area contributed by atoms with Crippen LogP contribution in [-0.2, 0) is 17.4 Å². The van der Waals surface area contributed by atoms with Gasteiger partial charge in [-0.2, -0.15) is 0 Å². The number of rotatable bonds is 8. The van der Waals surface area contributed by atoms with Gasteiger partial charge in [0.2, 0.25) is 0 Å². The molecule has 0 saturated carbocycles. The van der Waals surface area contributed by atoms with Crippen molar-refractivity contribution < 1.29 is 4.43 Å². The Morgan fingerprint density at radius 1 is 0.718 bits per heavy atom. The third kappa shape index (κ3) is 5.70. The van der Waals surface area contributed by atoms with Crippen LogP contribution in [0, 0.1) is 0 Å². The largest absolute Gasteiger partial charge is 0.407 e. The summed E-state index contributed by atoms with van der Waals surface area (Å²) in [6.45, 7) is 8.20. The first-order valence-electron chi connectivity index (χ1n) is 13.2. The molecule has 0 aliphatic heterocycles. The van der Waals surface area contributed by atoms with Crippen molar-refractivity contribution in [3.63, 3.8) is 0 Å². The van der Waals surface area contributed by atoms with Crippen LogP contribution in [0.4, 0.5) is 0 Å². The van der Waals surface area contributed by atoms with E-state index in [0.29, 0.717) is 23.2 Å². The lowest BCUT2D eigenvalue weighted by molar-refractivity contribution is 0.299. The molecular weight excluding hydrogens is 561 g/mol. The van der Waals surface area contributed by atoms with Gasteiger partial charge in [0.25, 0.3) is 8.32 Å². The van der Waals surface area contributed by atoms with Crippen LogP contribution in [0.5, 0.6) is 0 Å². The molecule has 0 radical (unpaired) electrons. The van der Waals surface area contributed by atoms with Crippen molar-refractivity contribution in [2.75, 3.05) is 6.61 Å².